The largest absolute Gasteiger partial charge is 0.469 e. The molecule has 1 aliphatic heterocycles. The summed E-state index contributed by atoms with van der Waals surface area (Å²) >= 11 is 0. The van der Waals surface area contributed by atoms with Gasteiger partial charge in [0.1, 0.15) is 0 Å². The van der Waals surface area contributed by atoms with Crippen molar-refractivity contribution < 1.29 is 22.7 Å². The van der Waals surface area contributed by atoms with E-state index in [2.05, 4.69) is 4.72 Å². The Morgan fingerprint density at radius 2 is 1.59 bits per heavy atom. The monoisotopic (exact) mass is 416 g/mol. The van der Waals surface area contributed by atoms with Crippen LogP contribution in [0.15, 0.2) is 53.4 Å². The number of hydrogen-bond acceptors (Lipinski definition) is 5. The Labute approximate surface area is 170 Å². The van der Waals surface area contributed by atoms with E-state index in [0.29, 0.717) is 37.2 Å². The fourth-order valence-electron chi connectivity index (χ4n) is 3.28. The van der Waals surface area contributed by atoms with E-state index in [1.807, 2.05) is 19.1 Å². The van der Waals surface area contributed by atoms with Gasteiger partial charge in [-0.25, -0.2) is 8.42 Å². The van der Waals surface area contributed by atoms with Crippen molar-refractivity contribution in [3.8, 4) is 0 Å². The van der Waals surface area contributed by atoms with Crippen molar-refractivity contribution in [3.63, 3.8) is 0 Å². The molecular weight excluding hydrogens is 392 g/mol. The maximum Gasteiger partial charge on any atom is 0.308 e. The standard InChI is InChI=1S/C21H24N2O5S/c1-15-3-7-18(8-4-15)22-29(26,27)19-9-5-16(6-10-19)20(24)23-13-11-17(12-14-23)21(25)28-2/h3-10,17,22H,11-14H2,1-2H3. The van der Waals surface area contributed by atoms with E-state index in [0.717, 1.165) is 5.56 Å². The molecule has 8 heteroatoms. The summed E-state index contributed by atoms with van der Waals surface area (Å²) in [5.74, 6) is -0.596. The molecule has 1 fully saturated rings. The Bertz CT molecular complexity index is 977. The third-order valence-electron chi connectivity index (χ3n) is 5.03. The lowest BCUT2D eigenvalue weighted by atomic mass is 9.96. The number of nitrogens with one attached hydrogen (secondary N) is 1. The molecular formula is C21H24N2O5S. The van der Waals surface area contributed by atoms with Gasteiger partial charge >= 0.3 is 5.97 Å². The van der Waals surface area contributed by atoms with Gasteiger partial charge in [-0.2, -0.15) is 0 Å². The molecule has 0 unspecified atom stereocenters. The molecule has 0 aromatic heterocycles. The number of carbonyl (C=O) groups is 2. The molecule has 0 aliphatic carbocycles. The van der Waals surface area contributed by atoms with E-state index in [1.165, 1.54) is 31.4 Å². The Kier molecular flexibility index (Phi) is 6.22. The molecule has 3 rings (SSSR count). The molecule has 0 radical (unpaired) electrons. The first kappa shape index (κ1) is 20.9. The van der Waals surface area contributed by atoms with Crippen LogP contribution in [0.5, 0.6) is 0 Å². The van der Waals surface area contributed by atoms with Crippen molar-refractivity contribution in [1.82, 2.24) is 4.90 Å². The second-order valence-electron chi connectivity index (χ2n) is 7.09. The smallest absolute Gasteiger partial charge is 0.308 e. The van der Waals surface area contributed by atoms with Crippen LogP contribution in [0.2, 0.25) is 0 Å². The van der Waals surface area contributed by atoms with Gasteiger partial charge in [0.25, 0.3) is 15.9 Å². The number of rotatable bonds is 5. The van der Waals surface area contributed by atoms with Crippen LogP contribution in [0.3, 0.4) is 0 Å². The van der Waals surface area contributed by atoms with Crippen LogP contribution >= 0.6 is 0 Å². The summed E-state index contributed by atoms with van der Waals surface area (Å²) in [6.45, 7) is 2.85. The molecule has 0 bridgehead atoms. The third-order valence-corrected chi connectivity index (χ3v) is 6.43. The lowest BCUT2D eigenvalue weighted by Gasteiger charge is -2.30. The minimum Gasteiger partial charge on any atom is -0.469 e. The van der Waals surface area contributed by atoms with E-state index in [1.54, 1.807) is 17.0 Å². The molecule has 0 atom stereocenters. The van der Waals surface area contributed by atoms with Crippen molar-refractivity contribution in [2.75, 3.05) is 24.9 Å². The molecule has 1 N–H and O–H groups in total. The SMILES string of the molecule is COC(=O)C1CCN(C(=O)c2ccc(S(=O)(=O)Nc3ccc(C)cc3)cc2)CC1. The third kappa shape index (κ3) is 4.95. The number of aryl methyl sites for hydroxylation is 1. The number of sulfonamides is 1. The highest BCUT2D eigenvalue weighted by molar-refractivity contribution is 7.92. The number of ether oxygens (including phenoxy) is 1. The van der Waals surface area contributed by atoms with Gasteiger partial charge in [-0.3, -0.25) is 14.3 Å². The van der Waals surface area contributed by atoms with Gasteiger partial charge in [0.05, 0.1) is 17.9 Å². The molecule has 7 nitrogen and oxygen atoms in total. The molecule has 29 heavy (non-hydrogen) atoms. The Hall–Kier alpha value is -2.87. The van der Waals surface area contributed by atoms with Crippen LogP contribution < -0.4 is 4.72 Å². The summed E-state index contributed by atoms with van der Waals surface area (Å²) in [6, 6.07) is 12.9. The van der Waals surface area contributed by atoms with E-state index in [4.69, 9.17) is 4.74 Å². The van der Waals surface area contributed by atoms with E-state index in [-0.39, 0.29) is 22.7 Å². The van der Waals surface area contributed by atoms with Crippen molar-refractivity contribution in [3.05, 3.63) is 59.7 Å². The number of methoxy groups -OCH3 is 1. The zero-order valence-corrected chi connectivity index (χ0v) is 17.2. The van der Waals surface area contributed by atoms with Crippen LogP contribution in [0.25, 0.3) is 0 Å². The number of benzene rings is 2. The minimum atomic E-state index is -3.74. The normalized spacial score (nSPS) is 15.0. The average molecular weight is 416 g/mol. The molecule has 1 aliphatic rings. The maximum absolute atomic E-state index is 12.7. The fraction of sp³-hybridized carbons (Fsp3) is 0.333. The quantitative estimate of drug-likeness (QED) is 0.757. The Morgan fingerprint density at radius 3 is 2.14 bits per heavy atom. The highest BCUT2D eigenvalue weighted by atomic mass is 32.2. The molecule has 0 saturated carbocycles. The van der Waals surface area contributed by atoms with Gasteiger partial charge < -0.3 is 9.64 Å². The summed E-state index contributed by atoms with van der Waals surface area (Å²) in [5.41, 5.74) is 1.92. The fourth-order valence-corrected chi connectivity index (χ4v) is 4.34. The maximum atomic E-state index is 12.7. The molecule has 2 aromatic carbocycles. The zero-order valence-electron chi connectivity index (χ0n) is 16.4. The number of likely N-dealkylation sites (tertiary alicyclic amines) is 1. The van der Waals surface area contributed by atoms with Gasteiger partial charge in [-0.05, 0) is 56.2 Å². The highest BCUT2D eigenvalue weighted by Gasteiger charge is 2.28. The van der Waals surface area contributed by atoms with E-state index >= 15 is 0 Å². The highest BCUT2D eigenvalue weighted by Crippen LogP contribution is 2.21. The predicted molar refractivity (Wildman–Crippen MR) is 109 cm³/mol. The number of carbonyl (C=O) groups excluding carboxylic acids is 2. The van der Waals surface area contributed by atoms with Gasteiger partial charge in [-0.1, -0.05) is 17.7 Å². The number of anilines is 1. The number of piperidine rings is 1. The van der Waals surface area contributed by atoms with Crippen molar-refractivity contribution in [1.29, 1.82) is 0 Å². The summed E-state index contributed by atoms with van der Waals surface area (Å²) in [5, 5.41) is 0. The summed E-state index contributed by atoms with van der Waals surface area (Å²) in [7, 11) is -2.38. The summed E-state index contributed by atoms with van der Waals surface area (Å²) < 4.78 is 32.4. The first-order valence-electron chi connectivity index (χ1n) is 9.37. The second kappa shape index (κ2) is 8.65. The summed E-state index contributed by atoms with van der Waals surface area (Å²) in [4.78, 5) is 26.0. The molecule has 1 saturated heterocycles. The minimum absolute atomic E-state index is 0.0824. The Morgan fingerprint density at radius 1 is 1.00 bits per heavy atom. The lowest BCUT2D eigenvalue weighted by Crippen LogP contribution is -2.40. The van der Waals surface area contributed by atoms with E-state index in [9.17, 15) is 18.0 Å². The molecule has 1 amide bonds. The molecule has 2 aromatic rings. The first-order valence-corrected chi connectivity index (χ1v) is 10.8. The molecule has 154 valence electrons. The van der Waals surface area contributed by atoms with Crippen LogP contribution in [-0.2, 0) is 19.6 Å². The Balaban J connectivity index is 1.65. The average Bonchev–Trinajstić information content (AvgIpc) is 2.74. The topological polar surface area (TPSA) is 92.8 Å². The number of nitrogens with zero attached hydrogens (tertiary/aromatic N) is 1. The van der Waals surface area contributed by atoms with Crippen LogP contribution in [-0.4, -0.2) is 45.4 Å². The van der Waals surface area contributed by atoms with Crippen molar-refractivity contribution in [2.24, 2.45) is 5.92 Å². The first-order chi connectivity index (χ1) is 13.8. The zero-order chi connectivity index (χ0) is 21.0. The second-order valence-corrected chi connectivity index (χ2v) is 8.77. The summed E-state index contributed by atoms with van der Waals surface area (Å²) in [6.07, 6.45) is 1.12. The van der Waals surface area contributed by atoms with Gasteiger partial charge in [0.2, 0.25) is 0 Å². The van der Waals surface area contributed by atoms with Gasteiger partial charge in [0, 0.05) is 24.3 Å². The van der Waals surface area contributed by atoms with Crippen molar-refractivity contribution >= 4 is 27.6 Å². The predicted octanol–water partition coefficient (Wildman–Crippen LogP) is 2.82. The number of hydrogen-bond donors (Lipinski definition) is 1. The molecule has 1 heterocycles. The van der Waals surface area contributed by atoms with Crippen LogP contribution in [0, 0.1) is 12.8 Å². The number of amides is 1. The molecule has 0 spiro atoms. The van der Waals surface area contributed by atoms with Crippen LogP contribution in [0.1, 0.15) is 28.8 Å². The van der Waals surface area contributed by atoms with Gasteiger partial charge in [-0.15, -0.1) is 0 Å². The van der Waals surface area contributed by atoms with Crippen molar-refractivity contribution in [2.45, 2.75) is 24.7 Å². The lowest BCUT2D eigenvalue weighted by molar-refractivity contribution is -0.146. The van der Waals surface area contributed by atoms with Crippen LogP contribution in [0.4, 0.5) is 5.69 Å². The van der Waals surface area contributed by atoms with E-state index < -0.39 is 10.0 Å². The number of esters is 1. The van der Waals surface area contributed by atoms with Gasteiger partial charge in [0.15, 0.2) is 0 Å².